The quantitative estimate of drug-likeness (QED) is 0.914. The second-order valence-corrected chi connectivity index (χ2v) is 7.23. The molecule has 0 spiro atoms. The molecule has 26 heavy (non-hydrogen) atoms. The molecule has 134 valence electrons. The van der Waals surface area contributed by atoms with Crippen LogP contribution in [0.4, 0.5) is 0 Å². The summed E-state index contributed by atoms with van der Waals surface area (Å²) in [5.41, 5.74) is 3.89. The van der Waals surface area contributed by atoms with Crippen molar-refractivity contribution in [1.29, 1.82) is 0 Å². The van der Waals surface area contributed by atoms with Crippen molar-refractivity contribution >= 4 is 17.3 Å². The fourth-order valence-corrected chi connectivity index (χ4v) is 3.44. The summed E-state index contributed by atoms with van der Waals surface area (Å²) in [7, 11) is 0. The van der Waals surface area contributed by atoms with Crippen molar-refractivity contribution in [3.63, 3.8) is 0 Å². The molecule has 0 radical (unpaired) electrons. The number of Topliss-reactive ketones (excluding diaryl/α,β-unsaturated/α-hetero) is 1. The maximum absolute atomic E-state index is 13.1. The summed E-state index contributed by atoms with van der Waals surface area (Å²) < 4.78 is 0. The van der Waals surface area contributed by atoms with Crippen molar-refractivity contribution in [3.8, 4) is 11.1 Å². The van der Waals surface area contributed by atoms with Gasteiger partial charge in [-0.2, -0.15) is 0 Å². The Morgan fingerprint density at radius 1 is 1.35 bits per heavy atom. The first-order valence-corrected chi connectivity index (χ1v) is 8.74. The van der Waals surface area contributed by atoms with E-state index in [0.29, 0.717) is 41.0 Å². The molecular formula is C21H23N3O2. The van der Waals surface area contributed by atoms with E-state index in [2.05, 4.69) is 21.9 Å². The van der Waals surface area contributed by atoms with Gasteiger partial charge in [-0.25, -0.2) is 0 Å². The van der Waals surface area contributed by atoms with Crippen molar-refractivity contribution in [2.75, 3.05) is 6.54 Å². The molecule has 1 aliphatic rings. The molecule has 2 aromatic rings. The van der Waals surface area contributed by atoms with Crippen molar-refractivity contribution in [3.05, 3.63) is 53.6 Å². The molecule has 0 atom stereocenters. The minimum absolute atomic E-state index is 0.0192. The molecule has 0 saturated carbocycles. The first-order chi connectivity index (χ1) is 12.3. The lowest BCUT2D eigenvalue weighted by Gasteiger charge is -2.34. The summed E-state index contributed by atoms with van der Waals surface area (Å²) >= 11 is 0. The van der Waals surface area contributed by atoms with E-state index in [1.807, 2.05) is 26.8 Å². The van der Waals surface area contributed by atoms with Crippen molar-refractivity contribution < 1.29 is 9.59 Å². The standard InChI is InChI=1S/C21H23N3O2/c1-6-23-20(26)16-13(3)24-19-12(2)21(4,5)10-15(25)18(19)17(16)14-8-7-9-22-11-14/h7-9,11H,2,6,10H2,1,3-5H3,(H,23,26). The number of fused-ring (bicyclic) bond motifs is 1. The van der Waals surface area contributed by atoms with E-state index < -0.39 is 0 Å². The van der Waals surface area contributed by atoms with Gasteiger partial charge >= 0.3 is 0 Å². The smallest absolute Gasteiger partial charge is 0.253 e. The Morgan fingerprint density at radius 2 is 2.08 bits per heavy atom. The number of ketones is 1. The number of carbonyl (C=O) groups excluding carboxylic acids is 2. The number of hydrogen-bond acceptors (Lipinski definition) is 4. The van der Waals surface area contributed by atoms with Crippen LogP contribution in [0.5, 0.6) is 0 Å². The molecule has 1 amide bonds. The molecule has 0 fully saturated rings. The minimum Gasteiger partial charge on any atom is -0.352 e. The van der Waals surface area contributed by atoms with E-state index >= 15 is 0 Å². The summed E-state index contributed by atoms with van der Waals surface area (Å²) in [5.74, 6) is -0.253. The van der Waals surface area contributed by atoms with Crippen LogP contribution in [0.1, 0.15) is 59.3 Å². The summed E-state index contributed by atoms with van der Waals surface area (Å²) in [6.07, 6.45) is 3.68. The molecular weight excluding hydrogens is 326 g/mol. The lowest BCUT2D eigenvalue weighted by atomic mass is 9.70. The molecule has 1 N–H and O–H groups in total. The molecule has 5 heteroatoms. The van der Waals surface area contributed by atoms with Crippen LogP contribution in [0, 0.1) is 12.3 Å². The number of allylic oxidation sites excluding steroid dienone is 1. The average molecular weight is 349 g/mol. The van der Waals surface area contributed by atoms with Crippen molar-refractivity contribution in [2.45, 2.75) is 34.1 Å². The van der Waals surface area contributed by atoms with Gasteiger partial charge in [-0.1, -0.05) is 26.5 Å². The number of pyridine rings is 2. The first kappa shape index (κ1) is 18.0. The molecule has 2 heterocycles. The lowest BCUT2D eigenvalue weighted by molar-refractivity contribution is 0.0945. The van der Waals surface area contributed by atoms with E-state index in [1.165, 1.54) is 0 Å². The van der Waals surface area contributed by atoms with E-state index in [1.54, 1.807) is 25.4 Å². The van der Waals surface area contributed by atoms with Gasteiger partial charge in [-0.05, 0) is 30.9 Å². The van der Waals surface area contributed by atoms with Gasteiger partial charge in [0, 0.05) is 36.5 Å². The van der Waals surface area contributed by atoms with Crippen LogP contribution in [0.25, 0.3) is 16.7 Å². The molecule has 2 aromatic heterocycles. The summed E-state index contributed by atoms with van der Waals surface area (Å²) in [4.78, 5) is 34.6. The number of nitrogens with zero attached hydrogens (tertiary/aromatic N) is 2. The number of hydrogen-bond donors (Lipinski definition) is 1. The second kappa shape index (κ2) is 6.48. The highest BCUT2D eigenvalue weighted by molar-refractivity contribution is 6.14. The van der Waals surface area contributed by atoms with Crippen LogP contribution >= 0.6 is 0 Å². The Kier molecular flexibility index (Phi) is 4.48. The molecule has 0 unspecified atom stereocenters. The zero-order valence-corrected chi connectivity index (χ0v) is 15.6. The minimum atomic E-state index is -0.358. The molecule has 3 rings (SSSR count). The molecule has 0 bridgehead atoms. The maximum Gasteiger partial charge on any atom is 0.253 e. The largest absolute Gasteiger partial charge is 0.352 e. The maximum atomic E-state index is 13.1. The van der Waals surface area contributed by atoms with E-state index in [9.17, 15) is 9.59 Å². The van der Waals surface area contributed by atoms with Gasteiger partial charge in [0.25, 0.3) is 5.91 Å². The van der Waals surface area contributed by atoms with Crippen LogP contribution in [0.3, 0.4) is 0 Å². The molecule has 5 nitrogen and oxygen atoms in total. The van der Waals surface area contributed by atoms with Gasteiger partial charge < -0.3 is 5.32 Å². The third-order valence-electron chi connectivity index (χ3n) is 4.88. The zero-order valence-electron chi connectivity index (χ0n) is 15.6. The van der Waals surface area contributed by atoms with E-state index in [0.717, 1.165) is 11.1 Å². The fourth-order valence-electron chi connectivity index (χ4n) is 3.44. The Labute approximate surface area is 153 Å². The first-order valence-electron chi connectivity index (χ1n) is 8.74. The highest BCUT2D eigenvalue weighted by Crippen LogP contribution is 2.46. The summed E-state index contributed by atoms with van der Waals surface area (Å²) in [6.45, 7) is 12.3. The zero-order chi connectivity index (χ0) is 19.1. The van der Waals surface area contributed by atoms with E-state index in [4.69, 9.17) is 0 Å². The lowest BCUT2D eigenvalue weighted by Crippen LogP contribution is -2.31. The van der Waals surface area contributed by atoms with Crippen molar-refractivity contribution in [2.24, 2.45) is 5.41 Å². The van der Waals surface area contributed by atoms with Gasteiger partial charge in [0.15, 0.2) is 5.78 Å². The van der Waals surface area contributed by atoms with Gasteiger partial charge in [-0.15, -0.1) is 0 Å². The number of aromatic nitrogens is 2. The monoisotopic (exact) mass is 349 g/mol. The highest BCUT2D eigenvalue weighted by Gasteiger charge is 2.39. The third kappa shape index (κ3) is 2.83. The third-order valence-corrected chi connectivity index (χ3v) is 4.88. The van der Waals surface area contributed by atoms with Gasteiger partial charge in [0.2, 0.25) is 0 Å². The summed E-state index contributed by atoms with van der Waals surface area (Å²) in [5, 5.41) is 2.83. The molecule has 0 aliphatic heterocycles. The van der Waals surface area contributed by atoms with Crippen molar-refractivity contribution in [1.82, 2.24) is 15.3 Å². The Balaban J connectivity index is 2.40. The Bertz CT molecular complexity index is 915. The topological polar surface area (TPSA) is 72.0 Å². The number of amides is 1. The molecule has 1 aliphatic carbocycles. The van der Waals surface area contributed by atoms with Crippen LogP contribution in [-0.2, 0) is 0 Å². The predicted molar refractivity (Wildman–Crippen MR) is 102 cm³/mol. The SMILES string of the molecule is C=C1c2nc(C)c(C(=O)NCC)c(-c3cccnc3)c2C(=O)CC1(C)C. The summed E-state index contributed by atoms with van der Waals surface area (Å²) in [6, 6.07) is 3.66. The number of nitrogens with one attached hydrogen (secondary N) is 1. The predicted octanol–water partition coefficient (Wildman–Crippen LogP) is 3.83. The average Bonchev–Trinajstić information content (AvgIpc) is 2.59. The Morgan fingerprint density at radius 3 is 2.69 bits per heavy atom. The highest BCUT2D eigenvalue weighted by atomic mass is 16.1. The van der Waals surface area contributed by atoms with Crippen LogP contribution in [0.2, 0.25) is 0 Å². The van der Waals surface area contributed by atoms with Gasteiger partial charge in [-0.3, -0.25) is 19.6 Å². The fraction of sp³-hybridized carbons (Fsp3) is 0.333. The molecule has 0 saturated heterocycles. The Hall–Kier alpha value is -2.82. The van der Waals surface area contributed by atoms with Crippen LogP contribution in [-0.4, -0.2) is 28.2 Å². The van der Waals surface area contributed by atoms with Gasteiger partial charge in [0.05, 0.1) is 22.5 Å². The normalized spacial score (nSPS) is 15.5. The van der Waals surface area contributed by atoms with Crippen LogP contribution < -0.4 is 5.32 Å². The number of rotatable bonds is 3. The van der Waals surface area contributed by atoms with Crippen LogP contribution in [0.15, 0.2) is 31.1 Å². The number of aryl methyl sites for hydroxylation is 1. The number of carbonyl (C=O) groups is 2. The second-order valence-electron chi connectivity index (χ2n) is 7.23. The molecule has 0 aromatic carbocycles. The van der Waals surface area contributed by atoms with E-state index in [-0.39, 0.29) is 17.1 Å². The van der Waals surface area contributed by atoms with Gasteiger partial charge in [0.1, 0.15) is 0 Å².